The standard InChI is InChI=1S/C29H30N8OS/c1-18(38)34-29-10-7-28(8-11-29,9-12-29)27-36-35-26(39-27)22-17-31-24(14-23(22)33-20-3-2-4-20)25-6-5-21-13-19(15-30)16-32-37(21)25/h5-6,13-14,16-17,20H,2-4,7-12H2,1H3,(H,31,33)(H,34,38). The molecule has 1 amide bonds. The van der Waals surface area contributed by atoms with Gasteiger partial charge < -0.3 is 10.6 Å². The number of carbonyl (C=O) groups excluding carboxylic acids is 1. The van der Waals surface area contributed by atoms with Crippen LogP contribution in [0.15, 0.2) is 36.7 Å². The van der Waals surface area contributed by atoms with Crippen LogP contribution >= 0.6 is 11.3 Å². The Morgan fingerprint density at radius 3 is 2.59 bits per heavy atom. The van der Waals surface area contributed by atoms with Crippen LogP contribution in [0.5, 0.6) is 0 Å². The summed E-state index contributed by atoms with van der Waals surface area (Å²) in [7, 11) is 0. The largest absolute Gasteiger partial charge is 0.382 e. The number of hydrogen-bond acceptors (Lipinski definition) is 8. The Morgan fingerprint density at radius 1 is 1.10 bits per heavy atom. The van der Waals surface area contributed by atoms with Gasteiger partial charge in [-0.2, -0.15) is 10.4 Å². The molecule has 10 heteroatoms. The van der Waals surface area contributed by atoms with Gasteiger partial charge in [-0.3, -0.25) is 9.78 Å². The van der Waals surface area contributed by atoms with E-state index in [1.807, 2.05) is 28.9 Å². The SMILES string of the molecule is CC(=O)NC12CCC(c3nnc(-c4cnc(-c5ccc6cc(C#N)cnn56)cc4NC4CCC4)s3)(CC1)CC2. The van der Waals surface area contributed by atoms with Gasteiger partial charge in [-0.15, -0.1) is 10.2 Å². The molecule has 0 aromatic carbocycles. The van der Waals surface area contributed by atoms with E-state index in [1.165, 1.54) is 6.42 Å². The predicted octanol–water partition coefficient (Wildman–Crippen LogP) is 5.23. The third-order valence-electron chi connectivity index (χ3n) is 9.06. The maximum absolute atomic E-state index is 11.8. The van der Waals surface area contributed by atoms with Crippen molar-refractivity contribution < 1.29 is 4.79 Å². The zero-order valence-electron chi connectivity index (χ0n) is 21.9. The van der Waals surface area contributed by atoms with Gasteiger partial charge in [0.05, 0.1) is 34.2 Å². The van der Waals surface area contributed by atoms with Crippen molar-refractivity contribution in [1.82, 2.24) is 30.1 Å². The number of nitriles is 1. The highest BCUT2D eigenvalue weighted by molar-refractivity contribution is 7.14. The normalized spacial score (nSPS) is 24.3. The molecule has 0 aliphatic heterocycles. The molecule has 2 N–H and O–H groups in total. The fraction of sp³-hybridized carbons (Fsp3) is 0.448. The molecule has 2 bridgehead atoms. The smallest absolute Gasteiger partial charge is 0.217 e. The van der Waals surface area contributed by atoms with Crippen molar-refractivity contribution in [3.8, 4) is 28.0 Å². The van der Waals surface area contributed by atoms with E-state index in [0.717, 1.165) is 89.5 Å². The van der Waals surface area contributed by atoms with E-state index in [9.17, 15) is 10.1 Å². The highest BCUT2D eigenvalue weighted by Gasteiger charge is 2.51. The lowest BCUT2D eigenvalue weighted by Gasteiger charge is -2.52. The van der Waals surface area contributed by atoms with Crippen LogP contribution in [0.4, 0.5) is 5.69 Å². The van der Waals surface area contributed by atoms with E-state index >= 15 is 0 Å². The molecular formula is C29H30N8OS. The number of nitrogens with zero attached hydrogens (tertiary/aromatic N) is 6. The molecule has 198 valence electrons. The highest BCUT2D eigenvalue weighted by Crippen LogP contribution is 2.54. The lowest BCUT2D eigenvalue weighted by Crippen LogP contribution is -2.57. The van der Waals surface area contributed by atoms with E-state index in [0.29, 0.717) is 11.6 Å². The molecule has 4 aliphatic rings. The van der Waals surface area contributed by atoms with Gasteiger partial charge in [0.1, 0.15) is 11.1 Å². The van der Waals surface area contributed by atoms with Crippen LogP contribution in [0.1, 0.15) is 75.3 Å². The second kappa shape index (κ2) is 9.12. The third kappa shape index (κ3) is 4.16. The Morgan fingerprint density at radius 2 is 1.90 bits per heavy atom. The molecule has 9 nitrogen and oxygen atoms in total. The molecule has 39 heavy (non-hydrogen) atoms. The minimum absolute atomic E-state index is 0.0330. The molecule has 0 saturated heterocycles. The van der Waals surface area contributed by atoms with Crippen LogP contribution in [0, 0.1) is 11.3 Å². The molecule has 0 radical (unpaired) electrons. The Kier molecular flexibility index (Phi) is 5.67. The van der Waals surface area contributed by atoms with Crippen molar-refractivity contribution in [2.45, 2.75) is 81.7 Å². The average Bonchev–Trinajstić information content (AvgIpc) is 3.59. The zero-order chi connectivity index (χ0) is 26.6. The Balaban J connectivity index is 1.21. The summed E-state index contributed by atoms with van der Waals surface area (Å²) < 4.78 is 1.82. The van der Waals surface area contributed by atoms with Crippen LogP contribution in [0.2, 0.25) is 0 Å². The summed E-state index contributed by atoms with van der Waals surface area (Å²) in [5.41, 5.74) is 5.11. The summed E-state index contributed by atoms with van der Waals surface area (Å²) in [6, 6.07) is 10.5. The van der Waals surface area contributed by atoms with Crippen molar-refractivity contribution in [2.75, 3.05) is 5.32 Å². The fourth-order valence-electron chi connectivity index (χ4n) is 6.53. The lowest BCUT2D eigenvalue weighted by molar-refractivity contribution is -0.122. The van der Waals surface area contributed by atoms with Gasteiger partial charge >= 0.3 is 0 Å². The number of aromatic nitrogens is 5. The van der Waals surface area contributed by atoms with E-state index in [1.54, 1.807) is 24.5 Å². The quantitative estimate of drug-likeness (QED) is 0.345. The number of rotatable bonds is 6. The van der Waals surface area contributed by atoms with Gasteiger partial charge in [0, 0.05) is 35.8 Å². The monoisotopic (exact) mass is 538 g/mol. The number of nitrogens with one attached hydrogen (secondary N) is 2. The number of carbonyl (C=O) groups is 1. The first-order valence-corrected chi connectivity index (χ1v) is 14.6. The maximum Gasteiger partial charge on any atom is 0.217 e. The molecule has 0 atom stereocenters. The molecule has 4 heterocycles. The molecule has 8 rings (SSSR count). The van der Waals surface area contributed by atoms with E-state index in [4.69, 9.17) is 10.1 Å². The van der Waals surface area contributed by atoms with Crippen molar-refractivity contribution in [3.63, 3.8) is 0 Å². The zero-order valence-corrected chi connectivity index (χ0v) is 22.7. The first-order valence-electron chi connectivity index (χ1n) is 13.7. The number of amides is 1. The van der Waals surface area contributed by atoms with Crippen LogP contribution in [0.25, 0.3) is 27.5 Å². The highest BCUT2D eigenvalue weighted by atomic mass is 32.1. The average molecular weight is 539 g/mol. The van der Waals surface area contributed by atoms with E-state index < -0.39 is 0 Å². The Hall–Kier alpha value is -3.84. The van der Waals surface area contributed by atoms with Crippen LogP contribution in [-0.2, 0) is 10.2 Å². The summed E-state index contributed by atoms with van der Waals surface area (Å²) in [4.78, 5) is 16.6. The van der Waals surface area contributed by atoms with Crippen molar-refractivity contribution in [2.24, 2.45) is 0 Å². The van der Waals surface area contributed by atoms with Crippen molar-refractivity contribution in [1.29, 1.82) is 5.26 Å². The minimum Gasteiger partial charge on any atom is -0.382 e. The van der Waals surface area contributed by atoms with Gasteiger partial charge in [-0.1, -0.05) is 11.3 Å². The van der Waals surface area contributed by atoms with Gasteiger partial charge in [0.15, 0.2) is 5.01 Å². The third-order valence-corrected chi connectivity index (χ3v) is 10.3. The number of fused-ring (bicyclic) bond motifs is 4. The lowest BCUT2D eigenvalue weighted by atomic mass is 9.57. The van der Waals surface area contributed by atoms with Gasteiger partial charge in [0.25, 0.3) is 0 Å². The van der Waals surface area contributed by atoms with Gasteiger partial charge in [0.2, 0.25) is 5.91 Å². The second-order valence-corrected chi connectivity index (χ2v) is 12.4. The molecule has 4 aliphatic carbocycles. The Labute approximate surface area is 230 Å². The van der Waals surface area contributed by atoms with Gasteiger partial charge in [-0.25, -0.2) is 4.52 Å². The topological polar surface area (TPSA) is 121 Å². The maximum atomic E-state index is 11.8. The van der Waals surface area contributed by atoms with Crippen molar-refractivity contribution >= 4 is 28.4 Å². The molecular weight excluding hydrogens is 508 g/mol. The molecule has 4 aromatic rings. The molecule has 0 spiro atoms. The fourth-order valence-corrected chi connectivity index (χ4v) is 7.67. The Bertz CT molecular complexity index is 1600. The number of anilines is 1. The molecule has 4 fully saturated rings. The van der Waals surface area contributed by atoms with E-state index in [-0.39, 0.29) is 16.9 Å². The van der Waals surface area contributed by atoms with Crippen molar-refractivity contribution in [3.05, 3.63) is 47.2 Å². The first kappa shape index (κ1) is 24.2. The molecule has 0 unspecified atom stereocenters. The summed E-state index contributed by atoms with van der Waals surface area (Å²) >= 11 is 1.69. The summed E-state index contributed by atoms with van der Waals surface area (Å²) in [6.45, 7) is 1.62. The van der Waals surface area contributed by atoms with Crippen LogP contribution in [0.3, 0.4) is 0 Å². The molecule has 4 aromatic heterocycles. The predicted molar refractivity (Wildman–Crippen MR) is 149 cm³/mol. The van der Waals surface area contributed by atoms with Gasteiger partial charge in [-0.05, 0) is 82.1 Å². The molecule has 4 saturated carbocycles. The summed E-state index contributed by atoms with van der Waals surface area (Å²) in [6.07, 6.45) is 13.2. The minimum atomic E-state index is -0.0330. The van der Waals surface area contributed by atoms with E-state index in [2.05, 4.69) is 33.0 Å². The van der Waals surface area contributed by atoms with Crippen LogP contribution in [-0.4, -0.2) is 42.3 Å². The van der Waals surface area contributed by atoms with Crippen LogP contribution < -0.4 is 10.6 Å². The number of hydrogen-bond donors (Lipinski definition) is 2. The summed E-state index contributed by atoms with van der Waals surface area (Å²) in [5.74, 6) is 0.0703. The second-order valence-electron chi connectivity index (χ2n) is 11.5. The number of pyridine rings is 1. The summed E-state index contributed by atoms with van der Waals surface area (Å²) in [5, 5.41) is 32.1. The first-order chi connectivity index (χ1) is 19.0.